The average Bonchev–Trinajstić information content (AvgIpc) is 2.52. The Kier molecular flexibility index (Phi) is 3.02. The number of ketones is 1. The van der Waals surface area contributed by atoms with Crippen molar-refractivity contribution >= 4 is 11.8 Å². The Bertz CT molecular complexity index is 343. The molecule has 96 valence electrons. The van der Waals surface area contributed by atoms with Crippen molar-refractivity contribution in [1.82, 2.24) is 0 Å². The molecule has 0 radical (unpaired) electrons. The van der Waals surface area contributed by atoms with Crippen LogP contribution < -0.4 is 0 Å². The minimum atomic E-state index is -1.36. The van der Waals surface area contributed by atoms with Crippen LogP contribution >= 0.6 is 0 Å². The molecule has 1 spiro atoms. The van der Waals surface area contributed by atoms with Gasteiger partial charge in [0.25, 0.3) is 0 Å². The lowest BCUT2D eigenvalue weighted by atomic mass is 9.68. The fraction of sp³-hybridized carbons (Fsp3) is 0.846. The maximum Gasteiger partial charge on any atom is 0.321 e. The van der Waals surface area contributed by atoms with Gasteiger partial charge in [0.15, 0.2) is 5.78 Å². The molecule has 1 N–H and O–H groups in total. The highest BCUT2D eigenvalue weighted by molar-refractivity contribution is 6.06. The molecule has 0 aliphatic heterocycles. The summed E-state index contributed by atoms with van der Waals surface area (Å²) in [5.41, 5.74) is -1.73. The molecule has 4 heteroatoms. The normalized spacial score (nSPS) is 36.2. The maximum absolute atomic E-state index is 12.1. The first-order valence-electron chi connectivity index (χ1n) is 6.27. The molecule has 2 atom stereocenters. The van der Waals surface area contributed by atoms with E-state index in [1.54, 1.807) is 0 Å². The summed E-state index contributed by atoms with van der Waals surface area (Å²) in [7, 11) is 1.26. The van der Waals surface area contributed by atoms with E-state index in [-0.39, 0.29) is 11.2 Å². The summed E-state index contributed by atoms with van der Waals surface area (Å²) in [5, 5.41) is 10.5. The summed E-state index contributed by atoms with van der Waals surface area (Å²) in [6, 6.07) is 0. The van der Waals surface area contributed by atoms with Crippen molar-refractivity contribution in [3.63, 3.8) is 0 Å². The minimum Gasteiger partial charge on any atom is -0.468 e. The number of hydrogen-bond acceptors (Lipinski definition) is 4. The molecule has 2 aliphatic rings. The lowest BCUT2D eigenvalue weighted by molar-refractivity contribution is -0.163. The number of aliphatic hydroxyl groups excluding tert-OH is 1. The topological polar surface area (TPSA) is 63.6 Å². The molecule has 2 rings (SSSR count). The zero-order valence-electron chi connectivity index (χ0n) is 10.5. The van der Waals surface area contributed by atoms with Gasteiger partial charge in [-0.3, -0.25) is 9.59 Å². The molecular formula is C13H20O4. The van der Waals surface area contributed by atoms with Crippen molar-refractivity contribution in [2.75, 3.05) is 7.11 Å². The highest BCUT2D eigenvalue weighted by Gasteiger charge is 2.63. The van der Waals surface area contributed by atoms with E-state index in [9.17, 15) is 14.7 Å². The lowest BCUT2D eigenvalue weighted by Crippen LogP contribution is -2.46. The molecule has 0 amide bonds. The van der Waals surface area contributed by atoms with E-state index >= 15 is 0 Å². The Morgan fingerprint density at radius 1 is 1.35 bits per heavy atom. The van der Waals surface area contributed by atoms with Gasteiger partial charge in [0.2, 0.25) is 0 Å². The van der Waals surface area contributed by atoms with Gasteiger partial charge in [0, 0.05) is 11.8 Å². The number of rotatable bonds is 1. The Labute approximate surface area is 101 Å². The van der Waals surface area contributed by atoms with E-state index in [0.29, 0.717) is 6.42 Å². The van der Waals surface area contributed by atoms with Gasteiger partial charge >= 0.3 is 5.97 Å². The SMILES string of the molecule is COC(=O)C1(C)C(=O)CC2(CCCCC2)C1O. The number of methoxy groups -OCH3 is 1. The number of carbonyl (C=O) groups excluding carboxylic acids is 2. The summed E-state index contributed by atoms with van der Waals surface area (Å²) in [4.78, 5) is 23.9. The fourth-order valence-electron chi connectivity index (χ4n) is 3.51. The second kappa shape index (κ2) is 4.09. The van der Waals surface area contributed by atoms with Crippen LogP contribution in [0.15, 0.2) is 0 Å². The molecule has 2 unspecified atom stereocenters. The summed E-state index contributed by atoms with van der Waals surface area (Å²) in [6.45, 7) is 1.52. The Morgan fingerprint density at radius 2 is 1.94 bits per heavy atom. The van der Waals surface area contributed by atoms with Gasteiger partial charge in [0.1, 0.15) is 5.41 Å². The third-order valence-electron chi connectivity index (χ3n) is 4.68. The number of hydrogen-bond donors (Lipinski definition) is 1. The van der Waals surface area contributed by atoms with Crippen molar-refractivity contribution in [3.05, 3.63) is 0 Å². The molecule has 17 heavy (non-hydrogen) atoms. The van der Waals surface area contributed by atoms with Crippen molar-refractivity contribution in [3.8, 4) is 0 Å². The van der Waals surface area contributed by atoms with Crippen LogP contribution in [0.4, 0.5) is 0 Å². The van der Waals surface area contributed by atoms with Crippen LogP contribution in [-0.4, -0.2) is 30.1 Å². The van der Waals surface area contributed by atoms with Crippen LogP contribution in [0.5, 0.6) is 0 Å². The van der Waals surface area contributed by atoms with Crippen molar-refractivity contribution in [1.29, 1.82) is 0 Å². The molecule has 0 bridgehead atoms. The van der Waals surface area contributed by atoms with E-state index in [4.69, 9.17) is 4.74 Å². The van der Waals surface area contributed by atoms with Crippen LogP contribution in [0.1, 0.15) is 45.4 Å². The van der Waals surface area contributed by atoms with Crippen LogP contribution in [-0.2, 0) is 14.3 Å². The van der Waals surface area contributed by atoms with Gasteiger partial charge < -0.3 is 9.84 Å². The van der Waals surface area contributed by atoms with E-state index in [1.165, 1.54) is 14.0 Å². The molecule has 2 aliphatic carbocycles. The molecule has 2 saturated carbocycles. The average molecular weight is 240 g/mol. The predicted molar refractivity (Wildman–Crippen MR) is 61.3 cm³/mol. The van der Waals surface area contributed by atoms with Crippen LogP contribution in [0, 0.1) is 10.8 Å². The molecule has 0 heterocycles. The second-order valence-electron chi connectivity index (χ2n) is 5.62. The third kappa shape index (κ3) is 1.61. The standard InChI is InChI=1S/C13H20O4/c1-12(11(16)17-2)9(14)8-13(10(12)15)6-4-3-5-7-13/h10,15H,3-8H2,1-2H3. The quantitative estimate of drug-likeness (QED) is 0.556. The molecule has 0 aromatic rings. The smallest absolute Gasteiger partial charge is 0.321 e. The van der Waals surface area contributed by atoms with E-state index in [2.05, 4.69) is 0 Å². The first-order chi connectivity index (χ1) is 7.97. The van der Waals surface area contributed by atoms with Crippen LogP contribution in [0.2, 0.25) is 0 Å². The summed E-state index contributed by atoms with van der Waals surface area (Å²) in [5.74, 6) is -0.767. The highest BCUT2D eigenvalue weighted by atomic mass is 16.5. The predicted octanol–water partition coefficient (Wildman–Crippen LogP) is 1.45. The van der Waals surface area contributed by atoms with Crippen molar-refractivity contribution in [2.45, 2.75) is 51.6 Å². The largest absolute Gasteiger partial charge is 0.468 e. The number of ether oxygens (including phenoxy) is 1. The number of aliphatic hydroxyl groups is 1. The number of Topliss-reactive ketones (excluding diaryl/α,β-unsaturated/α-hetero) is 1. The zero-order chi connectivity index (χ0) is 12.7. The van der Waals surface area contributed by atoms with Gasteiger partial charge in [-0.2, -0.15) is 0 Å². The molecule has 0 aromatic carbocycles. The number of carbonyl (C=O) groups is 2. The van der Waals surface area contributed by atoms with Gasteiger partial charge in [-0.05, 0) is 19.8 Å². The van der Waals surface area contributed by atoms with E-state index in [1.807, 2.05) is 0 Å². The molecule has 0 aromatic heterocycles. The molecule has 0 saturated heterocycles. The van der Waals surface area contributed by atoms with Crippen molar-refractivity contribution < 1.29 is 19.4 Å². The Balaban J connectivity index is 2.32. The van der Waals surface area contributed by atoms with Gasteiger partial charge in [-0.25, -0.2) is 0 Å². The van der Waals surface area contributed by atoms with Crippen molar-refractivity contribution in [2.24, 2.45) is 10.8 Å². The Morgan fingerprint density at radius 3 is 2.47 bits per heavy atom. The van der Waals surface area contributed by atoms with E-state index < -0.39 is 17.5 Å². The summed E-state index contributed by atoms with van der Waals surface area (Å²) >= 11 is 0. The van der Waals surface area contributed by atoms with Crippen LogP contribution in [0.3, 0.4) is 0 Å². The molecule has 4 nitrogen and oxygen atoms in total. The number of esters is 1. The van der Waals surface area contributed by atoms with Gasteiger partial charge in [-0.1, -0.05) is 19.3 Å². The maximum atomic E-state index is 12.1. The van der Waals surface area contributed by atoms with Gasteiger partial charge in [-0.15, -0.1) is 0 Å². The fourth-order valence-corrected chi connectivity index (χ4v) is 3.51. The summed E-state index contributed by atoms with van der Waals surface area (Å²) < 4.78 is 4.69. The first-order valence-corrected chi connectivity index (χ1v) is 6.27. The first kappa shape index (κ1) is 12.6. The van der Waals surface area contributed by atoms with Gasteiger partial charge in [0.05, 0.1) is 13.2 Å². The lowest BCUT2D eigenvalue weighted by Gasteiger charge is -2.38. The molecular weight excluding hydrogens is 220 g/mol. The summed E-state index contributed by atoms with van der Waals surface area (Å²) in [6.07, 6.45) is 4.31. The highest BCUT2D eigenvalue weighted by Crippen LogP contribution is 2.54. The molecule has 2 fully saturated rings. The van der Waals surface area contributed by atoms with E-state index in [0.717, 1.165) is 32.1 Å². The third-order valence-corrected chi connectivity index (χ3v) is 4.68. The monoisotopic (exact) mass is 240 g/mol. The second-order valence-corrected chi connectivity index (χ2v) is 5.62. The zero-order valence-corrected chi connectivity index (χ0v) is 10.5. The van der Waals surface area contributed by atoms with Crippen LogP contribution in [0.25, 0.3) is 0 Å². The minimum absolute atomic E-state index is 0.168. The Hall–Kier alpha value is -0.900.